The number of rotatable bonds is 3. The molecule has 0 amide bonds. The molecular formula is C16H10ClFN2O. The van der Waals surface area contributed by atoms with E-state index in [1.807, 2.05) is 30.3 Å². The summed E-state index contributed by atoms with van der Waals surface area (Å²) in [4.78, 5) is 0. The largest absolute Gasteiger partial charge is 0.444 e. The number of nitrogens with one attached hydrogen (secondary N) is 1. The summed E-state index contributed by atoms with van der Waals surface area (Å²) in [5.74, 6) is -0.533. The lowest BCUT2D eigenvalue weighted by Gasteiger charge is -2.06. The van der Waals surface area contributed by atoms with Crippen molar-refractivity contribution in [3.63, 3.8) is 0 Å². The van der Waals surface area contributed by atoms with E-state index in [0.29, 0.717) is 17.5 Å². The quantitative estimate of drug-likeness (QED) is 0.762. The first-order chi connectivity index (χ1) is 10.2. The summed E-state index contributed by atoms with van der Waals surface area (Å²) in [7, 11) is 0. The predicted octanol–water partition coefficient (Wildman–Crippen LogP) is 4.71. The average Bonchev–Trinajstić information content (AvgIpc) is 2.82. The zero-order valence-corrected chi connectivity index (χ0v) is 11.6. The van der Waals surface area contributed by atoms with Gasteiger partial charge in [0.25, 0.3) is 0 Å². The second kappa shape index (κ2) is 5.47. The van der Waals surface area contributed by atoms with Crippen molar-refractivity contribution >= 4 is 28.3 Å². The van der Waals surface area contributed by atoms with Crippen LogP contribution in [0, 0.1) is 17.1 Å². The highest BCUT2D eigenvalue weighted by Gasteiger charge is 2.12. The Balaban J connectivity index is 1.87. The molecule has 21 heavy (non-hydrogen) atoms. The number of hydrogen-bond donors (Lipinski definition) is 1. The standard InChI is InChI=1S/C16H10ClFN2O/c17-16-13(12-3-1-2-4-15(12)21-16)9-20-11-5-6-14(18)10(7-11)8-19/h1-7,20H,9H2. The van der Waals surface area contributed by atoms with Crippen LogP contribution in [-0.2, 0) is 6.54 Å². The van der Waals surface area contributed by atoms with Gasteiger partial charge in [-0.25, -0.2) is 4.39 Å². The van der Waals surface area contributed by atoms with Gasteiger partial charge in [-0.15, -0.1) is 0 Å². The van der Waals surface area contributed by atoms with Gasteiger partial charge < -0.3 is 9.73 Å². The summed E-state index contributed by atoms with van der Waals surface area (Å²) in [6.07, 6.45) is 0. The molecule has 3 nitrogen and oxygen atoms in total. The van der Waals surface area contributed by atoms with Gasteiger partial charge in [0.1, 0.15) is 17.5 Å². The van der Waals surface area contributed by atoms with Crippen LogP contribution < -0.4 is 5.32 Å². The van der Waals surface area contributed by atoms with Gasteiger partial charge in [0.05, 0.1) is 5.56 Å². The van der Waals surface area contributed by atoms with E-state index in [1.165, 1.54) is 12.1 Å². The Morgan fingerprint density at radius 2 is 2.05 bits per heavy atom. The topological polar surface area (TPSA) is 49.0 Å². The van der Waals surface area contributed by atoms with Crippen molar-refractivity contribution in [1.82, 2.24) is 0 Å². The molecule has 0 aliphatic carbocycles. The van der Waals surface area contributed by atoms with Gasteiger partial charge in [-0.1, -0.05) is 18.2 Å². The van der Waals surface area contributed by atoms with Crippen LogP contribution in [0.25, 0.3) is 11.0 Å². The summed E-state index contributed by atoms with van der Waals surface area (Å²) in [6.45, 7) is 0.423. The van der Waals surface area contributed by atoms with Crippen molar-refractivity contribution in [2.45, 2.75) is 6.54 Å². The predicted molar refractivity (Wildman–Crippen MR) is 79.7 cm³/mol. The Labute approximate surface area is 125 Å². The van der Waals surface area contributed by atoms with E-state index in [1.54, 1.807) is 6.07 Å². The van der Waals surface area contributed by atoms with Crippen molar-refractivity contribution in [2.24, 2.45) is 0 Å². The molecule has 3 aromatic rings. The van der Waals surface area contributed by atoms with Crippen LogP contribution in [0.4, 0.5) is 10.1 Å². The third-order valence-corrected chi connectivity index (χ3v) is 3.51. The molecule has 5 heteroatoms. The number of hydrogen-bond acceptors (Lipinski definition) is 3. The van der Waals surface area contributed by atoms with Gasteiger partial charge in [0, 0.05) is 23.2 Å². The minimum absolute atomic E-state index is 0.00292. The summed E-state index contributed by atoms with van der Waals surface area (Å²) >= 11 is 6.10. The average molecular weight is 301 g/mol. The van der Waals surface area contributed by atoms with Crippen molar-refractivity contribution in [2.75, 3.05) is 5.32 Å². The van der Waals surface area contributed by atoms with Gasteiger partial charge >= 0.3 is 0 Å². The number of furan rings is 1. The lowest BCUT2D eigenvalue weighted by Crippen LogP contribution is -2.00. The number of fused-ring (bicyclic) bond motifs is 1. The second-order valence-electron chi connectivity index (χ2n) is 4.51. The maximum atomic E-state index is 13.3. The van der Waals surface area contributed by atoms with E-state index in [-0.39, 0.29) is 5.56 Å². The number of halogens is 2. The summed E-state index contributed by atoms with van der Waals surface area (Å²) in [5, 5.41) is 13.2. The van der Waals surface area contributed by atoms with Crippen molar-refractivity contribution in [3.05, 3.63) is 64.6 Å². The molecule has 1 N–H and O–H groups in total. The Kier molecular flexibility index (Phi) is 3.51. The highest BCUT2D eigenvalue weighted by molar-refractivity contribution is 6.30. The Morgan fingerprint density at radius 1 is 1.24 bits per heavy atom. The number of anilines is 1. The molecule has 0 aliphatic rings. The molecule has 104 valence electrons. The monoisotopic (exact) mass is 300 g/mol. The van der Waals surface area contributed by atoms with E-state index in [9.17, 15) is 4.39 Å². The Morgan fingerprint density at radius 3 is 2.86 bits per heavy atom. The van der Waals surface area contributed by atoms with Crippen LogP contribution in [0.15, 0.2) is 46.9 Å². The lowest BCUT2D eigenvalue weighted by atomic mass is 10.1. The zero-order chi connectivity index (χ0) is 14.8. The lowest BCUT2D eigenvalue weighted by molar-refractivity contribution is 0.613. The molecule has 0 aliphatic heterocycles. The molecule has 0 saturated carbocycles. The van der Waals surface area contributed by atoms with Crippen molar-refractivity contribution in [3.8, 4) is 6.07 Å². The van der Waals surface area contributed by atoms with Gasteiger partial charge in [0.2, 0.25) is 0 Å². The molecule has 1 aromatic heterocycles. The number of nitriles is 1. The van der Waals surface area contributed by atoms with E-state index >= 15 is 0 Å². The normalized spacial score (nSPS) is 10.5. The maximum absolute atomic E-state index is 13.3. The Bertz CT molecular complexity index is 851. The van der Waals surface area contributed by atoms with Gasteiger partial charge in [-0.2, -0.15) is 5.26 Å². The minimum atomic E-state index is -0.533. The molecule has 0 fully saturated rings. The summed E-state index contributed by atoms with van der Waals surface area (Å²) in [6, 6.07) is 13.7. The second-order valence-corrected chi connectivity index (χ2v) is 4.85. The summed E-state index contributed by atoms with van der Waals surface area (Å²) < 4.78 is 18.7. The van der Waals surface area contributed by atoms with Crippen molar-refractivity contribution in [1.29, 1.82) is 5.26 Å². The minimum Gasteiger partial charge on any atom is -0.444 e. The highest BCUT2D eigenvalue weighted by atomic mass is 35.5. The van der Waals surface area contributed by atoms with E-state index in [4.69, 9.17) is 21.3 Å². The molecular weight excluding hydrogens is 291 g/mol. The molecule has 0 atom stereocenters. The van der Waals surface area contributed by atoms with Crippen LogP contribution in [0.2, 0.25) is 5.22 Å². The maximum Gasteiger partial charge on any atom is 0.199 e. The van der Waals surface area contributed by atoms with E-state index in [0.717, 1.165) is 16.5 Å². The van der Waals surface area contributed by atoms with Crippen LogP contribution in [0.3, 0.4) is 0 Å². The number of para-hydroxylation sites is 1. The third kappa shape index (κ3) is 2.56. The first kappa shape index (κ1) is 13.5. The molecule has 1 heterocycles. The fourth-order valence-corrected chi connectivity index (χ4v) is 2.40. The first-order valence-electron chi connectivity index (χ1n) is 6.28. The van der Waals surface area contributed by atoms with Gasteiger partial charge in [-0.05, 0) is 35.9 Å². The molecule has 0 bridgehead atoms. The summed E-state index contributed by atoms with van der Waals surface area (Å²) in [5.41, 5.74) is 2.20. The van der Waals surface area contributed by atoms with Crippen LogP contribution in [0.1, 0.15) is 11.1 Å². The SMILES string of the molecule is N#Cc1cc(NCc2c(Cl)oc3ccccc23)ccc1F. The van der Waals surface area contributed by atoms with Gasteiger partial charge in [-0.3, -0.25) is 0 Å². The van der Waals surface area contributed by atoms with Gasteiger partial charge in [0.15, 0.2) is 5.22 Å². The Hall–Kier alpha value is -2.51. The number of benzene rings is 2. The fourth-order valence-electron chi connectivity index (χ4n) is 2.15. The van der Waals surface area contributed by atoms with E-state index in [2.05, 4.69) is 5.32 Å². The molecule has 0 radical (unpaired) electrons. The van der Waals surface area contributed by atoms with Crippen LogP contribution >= 0.6 is 11.6 Å². The third-order valence-electron chi connectivity index (χ3n) is 3.21. The fraction of sp³-hybridized carbons (Fsp3) is 0.0625. The molecule has 0 unspecified atom stereocenters. The van der Waals surface area contributed by atoms with Crippen molar-refractivity contribution < 1.29 is 8.81 Å². The van der Waals surface area contributed by atoms with Crippen LogP contribution in [0.5, 0.6) is 0 Å². The molecule has 0 spiro atoms. The molecule has 2 aromatic carbocycles. The first-order valence-corrected chi connectivity index (χ1v) is 6.66. The van der Waals surface area contributed by atoms with E-state index < -0.39 is 5.82 Å². The smallest absolute Gasteiger partial charge is 0.199 e. The molecule has 3 rings (SSSR count). The zero-order valence-electron chi connectivity index (χ0n) is 10.9. The number of nitrogens with zero attached hydrogens (tertiary/aromatic N) is 1. The van der Waals surface area contributed by atoms with Crippen LogP contribution in [-0.4, -0.2) is 0 Å². The molecule has 0 saturated heterocycles. The highest BCUT2D eigenvalue weighted by Crippen LogP contribution is 2.30.